The molecule has 5 nitrogen and oxygen atoms in total. The number of amides is 1. The highest BCUT2D eigenvalue weighted by Gasteiger charge is 2.22. The monoisotopic (exact) mass is 364 g/mol. The maximum atomic E-state index is 13.1. The van der Waals surface area contributed by atoms with Crippen molar-refractivity contribution in [2.75, 3.05) is 19.4 Å². The molecule has 142 valence electrons. The van der Waals surface area contributed by atoms with E-state index in [9.17, 15) is 4.79 Å². The summed E-state index contributed by atoms with van der Waals surface area (Å²) in [6.07, 6.45) is 0.881. The lowest BCUT2D eigenvalue weighted by molar-refractivity contribution is -0.118. The quantitative estimate of drug-likeness (QED) is 0.714. The van der Waals surface area contributed by atoms with E-state index in [1.165, 1.54) is 0 Å². The second-order valence-electron chi connectivity index (χ2n) is 7.25. The fourth-order valence-corrected chi connectivity index (χ4v) is 3.47. The molecule has 0 aliphatic heterocycles. The number of hydrogen-bond acceptors (Lipinski definition) is 3. The summed E-state index contributed by atoms with van der Waals surface area (Å²) in [4.78, 5) is 20.0. The number of nitrogens with one attached hydrogen (secondary N) is 1. The molecule has 0 fully saturated rings. The van der Waals surface area contributed by atoms with Crippen LogP contribution < -0.4 is 5.32 Å². The van der Waals surface area contributed by atoms with Crippen LogP contribution >= 0.6 is 0 Å². The predicted octanol–water partition coefficient (Wildman–Crippen LogP) is 4.17. The Morgan fingerprint density at radius 3 is 2.63 bits per heavy atom. The van der Waals surface area contributed by atoms with Gasteiger partial charge in [0.1, 0.15) is 11.9 Å². The van der Waals surface area contributed by atoms with Crippen LogP contribution in [0.15, 0.2) is 42.5 Å². The van der Waals surface area contributed by atoms with Gasteiger partial charge in [0.05, 0.1) is 17.6 Å². The minimum absolute atomic E-state index is 0.0258. The normalized spacial score (nSPS) is 12.5. The first kappa shape index (κ1) is 19.1. The number of carbonyl (C=O) groups excluding carboxylic acids is 1. The molecular weight excluding hydrogens is 336 g/mol. The largest absolute Gasteiger partial charge is 0.324 e. The van der Waals surface area contributed by atoms with Gasteiger partial charge in [-0.15, -0.1) is 0 Å². The van der Waals surface area contributed by atoms with Crippen LogP contribution in [-0.2, 0) is 17.8 Å². The van der Waals surface area contributed by atoms with Gasteiger partial charge < -0.3 is 14.8 Å². The molecule has 0 aliphatic carbocycles. The first-order chi connectivity index (χ1) is 12.9. The summed E-state index contributed by atoms with van der Waals surface area (Å²) < 4.78 is 2.05. The van der Waals surface area contributed by atoms with Gasteiger partial charge in [0.15, 0.2) is 0 Å². The van der Waals surface area contributed by atoms with E-state index in [-0.39, 0.29) is 11.9 Å². The van der Waals surface area contributed by atoms with Crippen LogP contribution in [-0.4, -0.2) is 34.5 Å². The molecule has 1 N–H and O–H groups in total. The van der Waals surface area contributed by atoms with Gasteiger partial charge in [-0.2, -0.15) is 0 Å². The number of fused-ring (bicyclic) bond motifs is 1. The molecule has 0 spiro atoms. The Morgan fingerprint density at radius 2 is 1.93 bits per heavy atom. The topological polar surface area (TPSA) is 50.2 Å². The molecule has 0 aliphatic rings. The number of aromatic nitrogens is 2. The zero-order valence-electron chi connectivity index (χ0n) is 16.8. The molecule has 0 bridgehead atoms. The molecule has 5 heteroatoms. The van der Waals surface area contributed by atoms with E-state index in [4.69, 9.17) is 4.98 Å². The molecule has 1 aromatic heterocycles. The Hall–Kier alpha value is -2.66. The van der Waals surface area contributed by atoms with E-state index in [2.05, 4.69) is 27.8 Å². The number of anilines is 1. The Bertz CT molecular complexity index is 958. The molecule has 1 heterocycles. The molecule has 0 saturated heterocycles. The molecule has 2 aromatic carbocycles. The fraction of sp³-hybridized carbons (Fsp3) is 0.364. The molecule has 1 amide bonds. The lowest BCUT2D eigenvalue weighted by atomic mass is 10.1. The maximum Gasteiger partial charge on any atom is 0.247 e. The van der Waals surface area contributed by atoms with Gasteiger partial charge >= 0.3 is 0 Å². The number of hydrogen-bond donors (Lipinski definition) is 1. The standard InChI is InChI=1S/C22H28N4O/c1-6-17-11-9-10-15(2)21(17)24-22(27)16(3)26-19-13-8-7-12-18(19)23-20(26)14-25(4)5/h7-13,16H,6,14H2,1-5H3,(H,24,27). The van der Waals surface area contributed by atoms with Gasteiger partial charge in [-0.05, 0) is 57.6 Å². The van der Waals surface area contributed by atoms with Crippen LogP contribution in [0.1, 0.15) is 36.8 Å². The summed E-state index contributed by atoms with van der Waals surface area (Å²) in [6, 6.07) is 13.7. The van der Waals surface area contributed by atoms with Crippen molar-refractivity contribution in [1.82, 2.24) is 14.5 Å². The summed E-state index contributed by atoms with van der Waals surface area (Å²) in [7, 11) is 4.02. The Morgan fingerprint density at radius 1 is 1.19 bits per heavy atom. The summed E-state index contributed by atoms with van der Waals surface area (Å²) in [5.41, 5.74) is 5.06. The third kappa shape index (κ3) is 3.88. The SMILES string of the molecule is CCc1cccc(C)c1NC(=O)C(C)n1c(CN(C)C)nc2ccccc21. The van der Waals surface area contributed by atoms with E-state index in [0.29, 0.717) is 6.54 Å². The van der Waals surface area contributed by atoms with Crippen LogP contribution in [0.3, 0.4) is 0 Å². The minimum atomic E-state index is -0.364. The maximum absolute atomic E-state index is 13.1. The van der Waals surface area contributed by atoms with E-state index in [1.54, 1.807) is 0 Å². The number of para-hydroxylation sites is 3. The second kappa shape index (κ2) is 7.92. The van der Waals surface area contributed by atoms with Gasteiger partial charge in [0.25, 0.3) is 0 Å². The number of imidazole rings is 1. The Labute approximate surface area is 161 Å². The average molecular weight is 364 g/mol. The minimum Gasteiger partial charge on any atom is -0.324 e. The Kier molecular flexibility index (Phi) is 5.61. The number of benzene rings is 2. The lowest BCUT2D eigenvalue weighted by Crippen LogP contribution is -2.27. The molecule has 3 rings (SSSR count). The van der Waals surface area contributed by atoms with Crippen LogP contribution in [0.5, 0.6) is 0 Å². The van der Waals surface area contributed by atoms with Gasteiger partial charge in [-0.25, -0.2) is 4.98 Å². The van der Waals surface area contributed by atoms with E-state index in [0.717, 1.165) is 40.1 Å². The summed E-state index contributed by atoms with van der Waals surface area (Å²) in [5.74, 6) is 0.867. The van der Waals surface area contributed by atoms with Crippen molar-refractivity contribution in [3.63, 3.8) is 0 Å². The van der Waals surface area contributed by atoms with Crippen LogP contribution in [0.2, 0.25) is 0 Å². The molecule has 1 atom stereocenters. The summed E-state index contributed by atoms with van der Waals surface area (Å²) in [5, 5.41) is 3.16. The van der Waals surface area contributed by atoms with Crippen molar-refractivity contribution in [2.24, 2.45) is 0 Å². The average Bonchev–Trinajstić information content (AvgIpc) is 2.99. The smallest absolute Gasteiger partial charge is 0.247 e. The number of aryl methyl sites for hydroxylation is 2. The molecule has 1 unspecified atom stereocenters. The highest BCUT2D eigenvalue weighted by Crippen LogP contribution is 2.26. The van der Waals surface area contributed by atoms with E-state index >= 15 is 0 Å². The summed E-state index contributed by atoms with van der Waals surface area (Å²) >= 11 is 0. The highest BCUT2D eigenvalue weighted by atomic mass is 16.2. The molecular formula is C22H28N4O. The van der Waals surface area contributed by atoms with Gasteiger partial charge in [-0.3, -0.25) is 4.79 Å². The van der Waals surface area contributed by atoms with Crippen molar-refractivity contribution in [2.45, 2.75) is 39.8 Å². The lowest BCUT2D eigenvalue weighted by Gasteiger charge is -2.20. The zero-order valence-corrected chi connectivity index (χ0v) is 16.8. The Balaban J connectivity index is 1.98. The predicted molar refractivity (Wildman–Crippen MR) is 111 cm³/mol. The van der Waals surface area contributed by atoms with Gasteiger partial charge in [0.2, 0.25) is 5.91 Å². The first-order valence-electron chi connectivity index (χ1n) is 9.42. The third-order valence-corrected chi connectivity index (χ3v) is 4.88. The van der Waals surface area contributed by atoms with Gasteiger partial charge in [0, 0.05) is 5.69 Å². The highest BCUT2D eigenvalue weighted by molar-refractivity contribution is 5.96. The number of carbonyl (C=O) groups is 1. The number of rotatable bonds is 6. The zero-order chi connectivity index (χ0) is 19.6. The van der Waals surface area contributed by atoms with Crippen LogP contribution in [0.25, 0.3) is 11.0 Å². The molecule has 0 saturated carbocycles. The third-order valence-electron chi connectivity index (χ3n) is 4.88. The van der Waals surface area contributed by atoms with Crippen molar-refractivity contribution in [3.05, 3.63) is 59.4 Å². The van der Waals surface area contributed by atoms with Crippen molar-refractivity contribution >= 4 is 22.6 Å². The van der Waals surface area contributed by atoms with Gasteiger partial charge in [-0.1, -0.05) is 37.3 Å². The number of nitrogens with zero attached hydrogens (tertiary/aromatic N) is 3. The van der Waals surface area contributed by atoms with E-state index in [1.807, 2.05) is 64.3 Å². The van der Waals surface area contributed by atoms with Crippen LogP contribution in [0.4, 0.5) is 5.69 Å². The first-order valence-corrected chi connectivity index (χ1v) is 9.42. The molecule has 3 aromatic rings. The molecule has 0 radical (unpaired) electrons. The van der Waals surface area contributed by atoms with E-state index < -0.39 is 0 Å². The van der Waals surface area contributed by atoms with Crippen LogP contribution in [0, 0.1) is 6.92 Å². The second-order valence-corrected chi connectivity index (χ2v) is 7.25. The van der Waals surface area contributed by atoms with Crippen molar-refractivity contribution < 1.29 is 4.79 Å². The van der Waals surface area contributed by atoms with Crippen molar-refractivity contribution in [3.8, 4) is 0 Å². The summed E-state index contributed by atoms with van der Waals surface area (Å²) in [6.45, 7) is 6.75. The fourth-order valence-electron chi connectivity index (χ4n) is 3.47. The molecule has 27 heavy (non-hydrogen) atoms. The van der Waals surface area contributed by atoms with Crippen molar-refractivity contribution in [1.29, 1.82) is 0 Å².